The lowest BCUT2D eigenvalue weighted by Gasteiger charge is -2.11. The molecule has 0 aliphatic carbocycles. The molecule has 21 heavy (non-hydrogen) atoms. The lowest BCUT2D eigenvalue weighted by atomic mass is 10.0. The van der Waals surface area contributed by atoms with Crippen molar-refractivity contribution in [2.45, 2.75) is 6.18 Å². The molecule has 0 N–H and O–H groups in total. The van der Waals surface area contributed by atoms with Crippen LogP contribution >= 0.6 is 11.6 Å². The number of hydrogen-bond acceptors (Lipinski definition) is 1. The van der Waals surface area contributed by atoms with Crippen LogP contribution in [0.4, 0.5) is 13.2 Å². The van der Waals surface area contributed by atoms with E-state index in [4.69, 9.17) is 11.6 Å². The molecule has 0 atom stereocenters. The molecule has 1 heterocycles. The van der Waals surface area contributed by atoms with E-state index in [1.165, 1.54) is 0 Å². The van der Waals surface area contributed by atoms with E-state index in [1.807, 2.05) is 30.3 Å². The summed E-state index contributed by atoms with van der Waals surface area (Å²) in [4.78, 5) is 3.77. The third-order valence-corrected chi connectivity index (χ3v) is 3.48. The molecular weight excluding hydrogens is 299 g/mol. The van der Waals surface area contributed by atoms with Crippen molar-refractivity contribution in [3.05, 3.63) is 65.3 Å². The first-order chi connectivity index (χ1) is 9.97. The minimum Gasteiger partial charge on any atom is -0.243 e. The van der Waals surface area contributed by atoms with E-state index in [-0.39, 0.29) is 10.5 Å². The first-order valence-corrected chi connectivity index (χ1v) is 6.56. The van der Waals surface area contributed by atoms with Crippen molar-refractivity contribution in [3.8, 4) is 11.1 Å². The van der Waals surface area contributed by atoms with Crippen LogP contribution in [0, 0.1) is 0 Å². The standard InChI is InChI=1S/C16H9ClF3N/c17-13-9-14(16(18,19)20)21-15-11(7-4-8-12(13)15)10-5-2-1-3-6-10/h1-9H. The zero-order valence-electron chi connectivity index (χ0n) is 10.7. The Bertz CT molecular complexity index is 798. The number of nitrogens with zero attached hydrogens (tertiary/aromatic N) is 1. The highest BCUT2D eigenvalue weighted by Gasteiger charge is 2.33. The van der Waals surface area contributed by atoms with Crippen molar-refractivity contribution in [2.24, 2.45) is 0 Å². The quantitative estimate of drug-likeness (QED) is 0.572. The maximum Gasteiger partial charge on any atom is 0.433 e. The van der Waals surface area contributed by atoms with E-state index in [0.29, 0.717) is 10.9 Å². The summed E-state index contributed by atoms with van der Waals surface area (Å²) in [5.41, 5.74) is 0.694. The van der Waals surface area contributed by atoms with Crippen LogP contribution in [0.5, 0.6) is 0 Å². The first kappa shape index (κ1) is 13.9. The van der Waals surface area contributed by atoms with Gasteiger partial charge in [-0.2, -0.15) is 13.2 Å². The Morgan fingerprint density at radius 2 is 1.62 bits per heavy atom. The predicted octanol–water partition coefficient (Wildman–Crippen LogP) is 5.57. The van der Waals surface area contributed by atoms with E-state index in [9.17, 15) is 13.2 Å². The fraction of sp³-hybridized carbons (Fsp3) is 0.0625. The summed E-state index contributed by atoms with van der Waals surface area (Å²) >= 11 is 5.99. The monoisotopic (exact) mass is 307 g/mol. The summed E-state index contributed by atoms with van der Waals surface area (Å²) in [5, 5.41) is 0.552. The summed E-state index contributed by atoms with van der Waals surface area (Å²) in [6.07, 6.45) is -4.53. The fourth-order valence-corrected chi connectivity index (χ4v) is 2.46. The number of halogens is 4. The van der Waals surface area contributed by atoms with Gasteiger partial charge in [-0.3, -0.25) is 0 Å². The molecule has 5 heteroatoms. The van der Waals surface area contributed by atoms with Gasteiger partial charge in [-0.05, 0) is 11.6 Å². The van der Waals surface area contributed by atoms with E-state index >= 15 is 0 Å². The maximum absolute atomic E-state index is 12.9. The van der Waals surface area contributed by atoms with Crippen LogP contribution in [0.3, 0.4) is 0 Å². The molecule has 0 unspecified atom stereocenters. The second kappa shape index (κ2) is 5.04. The van der Waals surface area contributed by atoms with Gasteiger partial charge in [-0.1, -0.05) is 60.1 Å². The van der Waals surface area contributed by atoms with Crippen LogP contribution in [-0.4, -0.2) is 4.98 Å². The number of para-hydroxylation sites is 1. The number of fused-ring (bicyclic) bond motifs is 1. The van der Waals surface area contributed by atoms with Crippen molar-refractivity contribution < 1.29 is 13.2 Å². The highest BCUT2D eigenvalue weighted by atomic mass is 35.5. The molecule has 0 radical (unpaired) electrons. The Morgan fingerprint density at radius 1 is 0.905 bits per heavy atom. The lowest BCUT2D eigenvalue weighted by molar-refractivity contribution is -0.140. The number of aromatic nitrogens is 1. The van der Waals surface area contributed by atoms with Crippen LogP contribution in [0.2, 0.25) is 5.02 Å². The normalized spacial score (nSPS) is 11.8. The van der Waals surface area contributed by atoms with Crippen LogP contribution < -0.4 is 0 Å². The molecule has 3 aromatic rings. The van der Waals surface area contributed by atoms with E-state index in [2.05, 4.69) is 4.98 Å². The minimum absolute atomic E-state index is 0.0464. The summed E-state index contributed by atoms with van der Waals surface area (Å²) in [7, 11) is 0. The lowest BCUT2D eigenvalue weighted by Crippen LogP contribution is -2.08. The molecule has 0 bridgehead atoms. The molecule has 1 aromatic heterocycles. The van der Waals surface area contributed by atoms with Gasteiger partial charge in [0.15, 0.2) is 0 Å². The number of benzene rings is 2. The number of alkyl halides is 3. The van der Waals surface area contributed by atoms with Crippen LogP contribution in [-0.2, 0) is 6.18 Å². The Morgan fingerprint density at radius 3 is 2.29 bits per heavy atom. The molecule has 0 saturated carbocycles. The van der Waals surface area contributed by atoms with Gasteiger partial charge < -0.3 is 0 Å². The smallest absolute Gasteiger partial charge is 0.243 e. The first-order valence-electron chi connectivity index (χ1n) is 6.19. The number of rotatable bonds is 1. The predicted molar refractivity (Wildman–Crippen MR) is 77.2 cm³/mol. The van der Waals surface area contributed by atoms with Gasteiger partial charge in [0.2, 0.25) is 0 Å². The van der Waals surface area contributed by atoms with Gasteiger partial charge in [0.1, 0.15) is 5.69 Å². The molecule has 0 spiro atoms. The molecule has 2 aromatic carbocycles. The van der Waals surface area contributed by atoms with Crippen molar-refractivity contribution in [2.75, 3.05) is 0 Å². The van der Waals surface area contributed by atoms with Gasteiger partial charge in [-0.25, -0.2) is 4.98 Å². The SMILES string of the molecule is FC(F)(F)c1cc(Cl)c2cccc(-c3ccccc3)c2n1. The van der Waals surface area contributed by atoms with Crippen molar-refractivity contribution in [1.82, 2.24) is 4.98 Å². The molecule has 0 aliphatic rings. The van der Waals surface area contributed by atoms with Gasteiger partial charge in [0.05, 0.1) is 10.5 Å². The van der Waals surface area contributed by atoms with Gasteiger partial charge in [0, 0.05) is 10.9 Å². The van der Waals surface area contributed by atoms with Crippen molar-refractivity contribution in [1.29, 1.82) is 0 Å². The molecule has 3 rings (SSSR count). The highest BCUT2D eigenvalue weighted by Crippen LogP contribution is 2.36. The third-order valence-electron chi connectivity index (χ3n) is 3.16. The summed E-state index contributed by atoms with van der Waals surface area (Å²) in [6, 6.07) is 15.2. The summed E-state index contributed by atoms with van der Waals surface area (Å²) < 4.78 is 38.7. The van der Waals surface area contributed by atoms with Gasteiger partial charge in [0.25, 0.3) is 0 Å². The molecule has 1 nitrogen and oxygen atoms in total. The van der Waals surface area contributed by atoms with Crippen LogP contribution in [0.1, 0.15) is 5.69 Å². The summed E-state index contributed by atoms with van der Waals surface area (Å²) in [6.45, 7) is 0. The Hall–Kier alpha value is -2.07. The van der Waals surface area contributed by atoms with Crippen molar-refractivity contribution >= 4 is 22.5 Å². The Balaban J connectivity index is 2.34. The fourth-order valence-electron chi connectivity index (χ4n) is 2.20. The van der Waals surface area contributed by atoms with Crippen LogP contribution in [0.15, 0.2) is 54.6 Å². The van der Waals surface area contributed by atoms with Gasteiger partial charge in [-0.15, -0.1) is 0 Å². The number of hydrogen-bond donors (Lipinski definition) is 0. The second-order valence-electron chi connectivity index (χ2n) is 4.55. The van der Waals surface area contributed by atoms with E-state index in [1.54, 1.807) is 18.2 Å². The minimum atomic E-state index is -4.53. The average molecular weight is 308 g/mol. The molecule has 0 aliphatic heterocycles. The Kier molecular flexibility index (Phi) is 3.33. The third kappa shape index (κ3) is 2.59. The molecule has 106 valence electrons. The largest absolute Gasteiger partial charge is 0.433 e. The highest BCUT2D eigenvalue weighted by molar-refractivity contribution is 6.35. The zero-order valence-corrected chi connectivity index (χ0v) is 11.4. The average Bonchev–Trinajstić information content (AvgIpc) is 2.46. The van der Waals surface area contributed by atoms with E-state index < -0.39 is 11.9 Å². The van der Waals surface area contributed by atoms with Gasteiger partial charge >= 0.3 is 6.18 Å². The number of pyridine rings is 1. The zero-order chi connectivity index (χ0) is 15.0. The summed E-state index contributed by atoms with van der Waals surface area (Å²) in [5.74, 6) is 0. The Labute approximate surface area is 124 Å². The topological polar surface area (TPSA) is 12.9 Å². The molecular formula is C16H9ClF3N. The molecule has 0 fully saturated rings. The molecule has 0 amide bonds. The maximum atomic E-state index is 12.9. The molecule has 0 saturated heterocycles. The van der Waals surface area contributed by atoms with Crippen LogP contribution in [0.25, 0.3) is 22.0 Å². The van der Waals surface area contributed by atoms with Crippen molar-refractivity contribution in [3.63, 3.8) is 0 Å². The van der Waals surface area contributed by atoms with E-state index in [0.717, 1.165) is 11.6 Å². The second-order valence-corrected chi connectivity index (χ2v) is 4.96.